The maximum Gasteiger partial charge on any atom is 0.509 e. The van der Waals surface area contributed by atoms with Gasteiger partial charge in [-0.25, -0.2) is 0 Å². The number of thioether (sulfide) groups is 1. The predicted octanol–water partition coefficient (Wildman–Crippen LogP) is 3.06. The van der Waals surface area contributed by atoms with Crippen LogP contribution in [0, 0.1) is 0 Å². The SMILES string of the molecule is FC(F)Sc1ccc([B-](F)(F)F)cc1. The lowest BCUT2D eigenvalue weighted by molar-refractivity contribution is 0.252. The maximum absolute atomic E-state index is 12.1. The number of benzene rings is 1. The van der Waals surface area contributed by atoms with Gasteiger partial charge in [0, 0.05) is 4.90 Å². The zero-order chi connectivity index (χ0) is 10.8. The second kappa shape index (κ2) is 4.21. The molecule has 0 radical (unpaired) electrons. The molecular weight excluding hydrogens is 222 g/mol. The lowest BCUT2D eigenvalue weighted by Gasteiger charge is -2.14. The molecule has 1 aromatic rings. The summed E-state index contributed by atoms with van der Waals surface area (Å²) in [5.74, 6) is -2.61. The van der Waals surface area contributed by atoms with Crippen molar-refractivity contribution in [1.29, 1.82) is 0 Å². The summed E-state index contributed by atoms with van der Waals surface area (Å²) in [7, 11) is 0. The maximum atomic E-state index is 12.1. The van der Waals surface area contributed by atoms with E-state index >= 15 is 0 Å². The van der Waals surface area contributed by atoms with Crippen LogP contribution in [0.15, 0.2) is 29.2 Å². The first-order valence-electron chi connectivity index (χ1n) is 3.64. The van der Waals surface area contributed by atoms with Gasteiger partial charge in [0.2, 0.25) is 0 Å². The fourth-order valence-electron chi connectivity index (χ4n) is 0.867. The molecule has 0 aliphatic rings. The van der Waals surface area contributed by atoms with Gasteiger partial charge in [0.15, 0.2) is 0 Å². The van der Waals surface area contributed by atoms with Gasteiger partial charge < -0.3 is 12.9 Å². The quantitative estimate of drug-likeness (QED) is 0.434. The Morgan fingerprint density at radius 3 is 1.86 bits per heavy atom. The van der Waals surface area contributed by atoms with Crippen LogP contribution in [-0.2, 0) is 0 Å². The summed E-state index contributed by atoms with van der Waals surface area (Å²) in [6.07, 6.45) is 0. The van der Waals surface area contributed by atoms with Gasteiger partial charge >= 0.3 is 6.98 Å². The Bertz CT molecular complexity index is 294. The Hall–Kier alpha value is -0.715. The molecule has 0 heterocycles. The van der Waals surface area contributed by atoms with E-state index in [1.165, 1.54) is 0 Å². The van der Waals surface area contributed by atoms with Crippen LogP contribution in [0.3, 0.4) is 0 Å². The lowest BCUT2D eigenvalue weighted by atomic mass is 9.80. The lowest BCUT2D eigenvalue weighted by Crippen LogP contribution is -2.33. The second-order valence-corrected chi connectivity index (χ2v) is 3.59. The summed E-state index contributed by atoms with van der Waals surface area (Å²) in [6, 6.07) is 3.71. The molecule has 0 aliphatic heterocycles. The first-order valence-corrected chi connectivity index (χ1v) is 4.52. The number of alkyl halides is 2. The average molecular weight is 227 g/mol. The number of halogens is 5. The third kappa shape index (κ3) is 3.21. The van der Waals surface area contributed by atoms with Gasteiger partial charge in [-0.15, -0.1) is 5.46 Å². The molecule has 78 valence electrons. The number of hydrogen-bond donors (Lipinski definition) is 0. The Kier molecular flexibility index (Phi) is 3.41. The van der Waals surface area contributed by atoms with Crippen LogP contribution < -0.4 is 5.46 Å². The van der Waals surface area contributed by atoms with E-state index in [0.717, 1.165) is 24.3 Å². The van der Waals surface area contributed by atoms with Crippen molar-refractivity contribution in [3.63, 3.8) is 0 Å². The van der Waals surface area contributed by atoms with Gasteiger partial charge in [0.05, 0.1) is 0 Å². The normalized spacial score (nSPS) is 12.1. The molecule has 0 atom stereocenters. The molecule has 0 aromatic heterocycles. The monoisotopic (exact) mass is 227 g/mol. The van der Waals surface area contributed by atoms with E-state index in [9.17, 15) is 21.7 Å². The fraction of sp³-hybridized carbons (Fsp3) is 0.143. The van der Waals surface area contributed by atoms with Gasteiger partial charge in [0.1, 0.15) is 0 Å². The first-order chi connectivity index (χ1) is 6.39. The van der Waals surface area contributed by atoms with Crippen LogP contribution in [-0.4, -0.2) is 12.7 Å². The molecule has 0 N–H and O–H groups in total. The molecule has 1 rings (SSSR count). The molecule has 0 bridgehead atoms. The molecule has 0 amide bonds. The molecule has 0 aliphatic carbocycles. The minimum Gasteiger partial charge on any atom is -0.445 e. The highest BCUT2D eigenvalue weighted by Gasteiger charge is 2.24. The van der Waals surface area contributed by atoms with E-state index in [1.807, 2.05) is 0 Å². The van der Waals surface area contributed by atoms with Crippen molar-refractivity contribution >= 4 is 24.2 Å². The highest BCUT2D eigenvalue weighted by Crippen LogP contribution is 2.24. The number of hydrogen-bond acceptors (Lipinski definition) is 1. The Labute approximate surface area is 81.6 Å². The predicted molar refractivity (Wildman–Crippen MR) is 47.0 cm³/mol. The molecule has 0 saturated heterocycles. The minimum atomic E-state index is -5.04. The molecule has 7 heteroatoms. The highest BCUT2D eigenvalue weighted by atomic mass is 32.2. The van der Waals surface area contributed by atoms with Crippen molar-refractivity contribution in [2.45, 2.75) is 10.7 Å². The zero-order valence-corrected chi connectivity index (χ0v) is 7.58. The van der Waals surface area contributed by atoms with Crippen molar-refractivity contribution < 1.29 is 21.7 Å². The van der Waals surface area contributed by atoms with Crippen LogP contribution in [0.2, 0.25) is 0 Å². The van der Waals surface area contributed by atoms with Gasteiger partial charge in [-0.05, 0) is 0 Å². The van der Waals surface area contributed by atoms with Crippen molar-refractivity contribution in [1.82, 2.24) is 0 Å². The molecule has 0 saturated carbocycles. The molecule has 0 spiro atoms. The summed E-state index contributed by atoms with van der Waals surface area (Å²) in [5.41, 5.74) is -0.774. The van der Waals surface area contributed by atoms with E-state index in [-0.39, 0.29) is 16.7 Å². The molecule has 0 unspecified atom stereocenters. The van der Waals surface area contributed by atoms with Gasteiger partial charge in [-0.1, -0.05) is 36.0 Å². The standard InChI is InChI=1S/C7H5BF5S/c9-7(10)14-6-3-1-5(2-4-6)8(11,12)13/h1-4,7H/q-1. The van der Waals surface area contributed by atoms with Crippen molar-refractivity contribution in [3.8, 4) is 0 Å². The van der Waals surface area contributed by atoms with Crippen LogP contribution in [0.5, 0.6) is 0 Å². The fourth-order valence-corrected chi connectivity index (χ4v) is 1.37. The smallest absolute Gasteiger partial charge is 0.445 e. The summed E-state index contributed by atoms with van der Waals surface area (Å²) in [6.45, 7) is -5.04. The van der Waals surface area contributed by atoms with E-state index in [4.69, 9.17) is 0 Å². The third-order valence-electron chi connectivity index (χ3n) is 1.48. The molecule has 14 heavy (non-hydrogen) atoms. The molecule has 0 fully saturated rings. The van der Waals surface area contributed by atoms with Crippen LogP contribution in [0.25, 0.3) is 0 Å². The molecule has 0 nitrogen and oxygen atoms in total. The first kappa shape index (κ1) is 11.4. The van der Waals surface area contributed by atoms with Crippen LogP contribution >= 0.6 is 11.8 Å². The third-order valence-corrected chi connectivity index (χ3v) is 2.21. The number of rotatable bonds is 3. The van der Waals surface area contributed by atoms with Gasteiger partial charge in [-0.3, -0.25) is 0 Å². The average Bonchev–Trinajstić information content (AvgIpc) is 2.02. The minimum absolute atomic E-state index is 0.129. The van der Waals surface area contributed by atoms with E-state index < -0.39 is 18.2 Å². The summed E-state index contributed by atoms with van der Waals surface area (Å²) < 4.78 is 59.9. The summed E-state index contributed by atoms with van der Waals surface area (Å²) >= 11 is 0.224. The van der Waals surface area contributed by atoms with Crippen LogP contribution in [0.4, 0.5) is 21.7 Å². The van der Waals surface area contributed by atoms with E-state index in [0.29, 0.717) is 0 Å². The largest absolute Gasteiger partial charge is 0.509 e. The topological polar surface area (TPSA) is 0 Å². The van der Waals surface area contributed by atoms with E-state index in [1.54, 1.807) is 0 Å². The Morgan fingerprint density at radius 2 is 1.50 bits per heavy atom. The van der Waals surface area contributed by atoms with Crippen LogP contribution in [0.1, 0.15) is 0 Å². The van der Waals surface area contributed by atoms with Gasteiger partial charge in [0.25, 0.3) is 5.76 Å². The van der Waals surface area contributed by atoms with Crippen molar-refractivity contribution in [3.05, 3.63) is 24.3 Å². The second-order valence-electron chi connectivity index (χ2n) is 2.52. The van der Waals surface area contributed by atoms with Crippen molar-refractivity contribution in [2.24, 2.45) is 0 Å². The summed E-state index contributed by atoms with van der Waals surface area (Å²) in [4.78, 5) is 0.129. The zero-order valence-electron chi connectivity index (χ0n) is 6.76. The summed E-state index contributed by atoms with van der Waals surface area (Å²) in [5, 5.41) is 0. The van der Waals surface area contributed by atoms with Crippen molar-refractivity contribution in [2.75, 3.05) is 0 Å². The molecular formula is C7H5BF5S-. The Morgan fingerprint density at radius 1 is 1.00 bits per heavy atom. The molecule has 1 aromatic carbocycles. The van der Waals surface area contributed by atoms with E-state index in [2.05, 4.69) is 0 Å². The highest BCUT2D eigenvalue weighted by molar-refractivity contribution is 7.99. The Balaban J connectivity index is 2.79. The van der Waals surface area contributed by atoms with Gasteiger partial charge in [-0.2, -0.15) is 8.78 Å².